The molecule has 0 radical (unpaired) electrons. The fraction of sp³-hybridized carbons (Fsp3) is 0.0270. The Morgan fingerprint density at radius 3 is 0.984 bits per heavy atom. The van der Waals surface area contributed by atoms with E-state index in [-0.39, 0.29) is 18.0 Å². The lowest BCUT2D eigenvalue weighted by Gasteiger charge is -2.44. The lowest BCUT2D eigenvalue weighted by molar-refractivity contribution is -0.685. The topological polar surface area (TPSA) is 76.9 Å². The van der Waals surface area contributed by atoms with Crippen LogP contribution in [0.2, 0.25) is 0 Å². The molecule has 0 bridgehead atoms. The third-order valence-corrected chi connectivity index (χ3v) is 9.21. The van der Waals surface area contributed by atoms with Crippen LogP contribution in [0.5, 0.6) is 0 Å². The van der Waals surface area contributed by atoms with E-state index in [0.717, 1.165) is 0 Å². The Labute approximate surface area is 335 Å². The highest BCUT2D eigenvalue weighted by atomic mass is 19.2. The van der Waals surface area contributed by atoms with Gasteiger partial charge >= 0.3 is 5.91 Å². The molecular formula is C37H12BF20N3O2. The molecule has 26 heteroatoms. The standard InChI is InChI=1S/C24BF20.C13H11N3O2/c26-5-1(6(27)14(35)21(42)13(5)34)25(2-7(28)15(36)22(43)16(37)8(2)29,3-9(30)17(38)23(44)18(39)10(3)31)4-11(32)19(40)24(45)20(41)12(4)33;14-13(18)11-8-15-6-7-16(11)9-12(17)10-4-2-1-3-5-10/h;1-8H,9H2,(H-,14,18)/q-1;/p+1. The van der Waals surface area contributed by atoms with E-state index in [2.05, 4.69) is 4.98 Å². The van der Waals surface area contributed by atoms with Gasteiger partial charge in [0.05, 0.1) is 6.20 Å². The van der Waals surface area contributed by atoms with Crippen molar-refractivity contribution in [1.82, 2.24) is 4.98 Å². The van der Waals surface area contributed by atoms with Crippen molar-refractivity contribution in [3.8, 4) is 0 Å². The van der Waals surface area contributed by atoms with Gasteiger partial charge in [-0.15, -0.1) is 21.9 Å². The number of halogens is 20. The molecule has 6 rings (SSSR count). The molecule has 0 saturated heterocycles. The largest absolute Gasteiger partial charge is 0.360 e. The summed E-state index contributed by atoms with van der Waals surface area (Å²) < 4.78 is 295. The maximum absolute atomic E-state index is 15.4. The highest BCUT2D eigenvalue weighted by Gasteiger charge is 2.52. The monoisotopic (exact) mass is 921 g/mol. The first kappa shape index (κ1) is 47.0. The molecule has 330 valence electrons. The van der Waals surface area contributed by atoms with Crippen molar-refractivity contribution in [2.24, 2.45) is 5.73 Å². The minimum absolute atomic E-state index is 0.0603. The van der Waals surface area contributed by atoms with Crippen LogP contribution in [0, 0.1) is 116 Å². The van der Waals surface area contributed by atoms with Crippen molar-refractivity contribution in [3.05, 3.63) is 177 Å². The van der Waals surface area contributed by atoms with E-state index in [1.165, 1.54) is 17.0 Å². The van der Waals surface area contributed by atoms with Crippen LogP contribution in [0.3, 0.4) is 0 Å². The minimum Gasteiger partial charge on any atom is -0.360 e. The van der Waals surface area contributed by atoms with Crippen molar-refractivity contribution in [3.63, 3.8) is 0 Å². The average Bonchev–Trinajstić information content (AvgIpc) is 3.26. The number of carbonyl (C=O) groups excluding carboxylic acids is 2. The quantitative estimate of drug-likeness (QED) is 0.0494. The van der Waals surface area contributed by atoms with Crippen LogP contribution < -0.4 is 32.2 Å². The number of hydrogen-bond acceptors (Lipinski definition) is 3. The number of amides is 1. The summed E-state index contributed by atoms with van der Waals surface area (Å²) in [5, 5.41) is 0. The van der Waals surface area contributed by atoms with Crippen molar-refractivity contribution < 1.29 is 102 Å². The fourth-order valence-electron chi connectivity index (χ4n) is 6.47. The highest BCUT2D eigenvalue weighted by molar-refractivity contribution is 7.20. The molecule has 0 aliphatic heterocycles. The summed E-state index contributed by atoms with van der Waals surface area (Å²) >= 11 is 0. The number of carbonyl (C=O) groups is 2. The summed E-state index contributed by atoms with van der Waals surface area (Å²) in [5.74, 6) is -72.1. The van der Waals surface area contributed by atoms with Gasteiger partial charge in [-0.25, -0.2) is 87.8 Å². The van der Waals surface area contributed by atoms with Crippen LogP contribution in [0.1, 0.15) is 20.8 Å². The molecule has 0 aliphatic rings. The van der Waals surface area contributed by atoms with Gasteiger partial charge in [0.1, 0.15) is 58.9 Å². The maximum Gasteiger partial charge on any atom is 0.315 e. The van der Waals surface area contributed by atoms with Crippen molar-refractivity contribution >= 4 is 39.7 Å². The number of nitrogens with two attached hydrogens (primary N) is 1. The van der Waals surface area contributed by atoms with Crippen molar-refractivity contribution in [2.75, 3.05) is 0 Å². The molecule has 0 spiro atoms. The summed E-state index contributed by atoms with van der Waals surface area (Å²) in [7, 11) is 0. The summed E-state index contributed by atoms with van der Waals surface area (Å²) in [5.41, 5.74) is -8.31. The second-order valence-corrected chi connectivity index (χ2v) is 12.5. The third kappa shape index (κ3) is 7.45. The van der Waals surface area contributed by atoms with Crippen molar-refractivity contribution in [2.45, 2.75) is 6.54 Å². The molecule has 63 heavy (non-hydrogen) atoms. The summed E-state index contributed by atoms with van der Waals surface area (Å²) in [6.45, 7) is 0.0603. The Morgan fingerprint density at radius 2 is 0.714 bits per heavy atom. The van der Waals surface area contributed by atoms with Crippen LogP contribution in [0.15, 0.2) is 48.9 Å². The normalized spacial score (nSPS) is 11.4. The predicted octanol–water partition coefficient (Wildman–Crippen LogP) is 6.20. The molecule has 1 heterocycles. The zero-order valence-corrected chi connectivity index (χ0v) is 29.8. The van der Waals surface area contributed by atoms with E-state index in [0.29, 0.717) is 5.56 Å². The highest BCUT2D eigenvalue weighted by Crippen LogP contribution is 2.30. The van der Waals surface area contributed by atoms with Gasteiger partial charge in [-0.1, -0.05) is 30.3 Å². The number of benzene rings is 5. The first-order valence-electron chi connectivity index (χ1n) is 16.3. The molecule has 0 unspecified atom stereocenters. The lowest BCUT2D eigenvalue weighted by Crippen LogP contribution is -2.81. The lowest BCUT2D eigenvalue weighted by atomic mass is 9.12. The number of hydrogen-bond donors (Lipinski definition) is 1. The van der Waals surface area contributed by atoms with E-state index >= 15 is 35.1 Å². The second-order valence-electron chi connectivity index (χ2n) is 12.5. The summed E-state index contributed by atoms with van der Waals surface area (Å²) in [4.78, 5) is 27.0. The molecule has 1 aromatic heterocycles. The van der Waals surface area contributed by atoms with E-state index < -0.39 is 150 Å². The van der Waals surface area contributed by atoms with E-state index in [9.17, 15) is 62.3 Å². The molecule has 5 nitrogen and oxygen atoms in total. The Balaban J connectivity index is 0.000000345. The Morgan fingerprint density at radius 1 is 0.444 bits per heavy atom. The van der Waals surface area contributed by atoms with E-state index in [1.54, 1.807) is 30.5 Å². The van der Waals surface area contributed by atoms with E-state index in [1.807, 2.05) is 6.07 Å². The molecule has 0 saturated carbocycles. The Kier molecular flexibility index (Phi) is 13.0. The van der Waals surface area contributed by atoms with Crippen LogP contribution in [0.25, 0.3) is 0 Å². The van der Waals surface area contributed by atoms with Gasteiger partial charge < -0.3 is 5.73 Å². The first-order chi connectivity index (χ1) is 29.4. The first-order valence-corrected chi connectivity index (χ1v) is 16.3. The molecule has 2 N–H and O–H groups in total. The number of Topliss-reactive ketones (excluding diaryl/α,β-unsaturated/α-hetero) is 1. The van der Waals surface area contributed by atoms with Gasteiger partial charge in [0.15, 0.2) is 76.0 Å². The number of nitrogens with zero attached hydrogens (tertiary/aromatic N) is 2. The average molecular weight is 921 g/mol. The van der Waals surface area contributed by atoms with E-state index in [4.69, 9.17) is 5.73 Å². The van der Waals surface area contributed by atoms with Gasteiger partial charge in [-0.2, -0.15) is 4.57 Å². The number of aromatic nitrogens is 2. The molecule has 0 atom stereocenters. The van der Waals surface area contributed by atoms with Gasteiger partial charge in [0, 0.05) is 5.56 Å². The Hall–Kier alpha value is -7.02. The van der Waals surface area contributed by atoms with Crippen molar-refractivity contribution in [1.29, 1.82) is 0 Å². The summed E-state index contributed by atoms with van der Waals surface area (Å²) in [6.07, 6.45) is -2.81. The molecule has 0 aliphatic carbocycles. The van der Waals surface area contributed by atoms with Crippen LogP contribution in [-0.2, 0) is 6.54 Å². The second kappa shape index (κ2) is 17.4. The minimum atomic E-state index is -7.22. The molecule has 0 fully saturated rings. The number of ketones is 1. The fourth-order valence-corrected chi connectivity index (χ4v) is 6.47. The van der Waals surface area contributed by atoms with Crippen LogP contribution in [-0.4, -0.2) is 22.8 Å². The van der Waals surface area contributed by atoms with Gasteiger partial charge in [-0.3, -0.25) is 14.6 Å². The maximum atomic E-state index is 15.4. The number of primary amides is 1. The summed E-state index contributed by atoms with van der Waals surface area (Å²) in [6, 6.07) is 8.88. The van der Waals surface area contributed by atoms with Gasteiger partial charge in [0.2, 0.25) is 12.3 Å². The van der Waals surface area contributed by atoms with Gasteiger partial charge in [0.25, 0.3) is 5.69 Å². The molecule has 1 amide bonds. The zero-order chi connectivity index (χ0) is 47.3. The van der Waals surface area contributed by atoms with Crippen LogP contribution in [0.4, 0.5) is 87.8 Å². The Bertz CT molecular complexity index is 2500. The molecular weight excluding hydrogens is 909 g/mol. The molecule has 5 aromatic carbocycles. The molecule has 6 aromatic rings. The van der Waals surface area contributed by atoms with Gasteiger partial charge in [-0.05, 0) is 0 Å². The predicted molar refractivity (Wildman–Crippen MR) is 173 cm³/mol. The SMILES string of the molecule is Fc1c(F)c(F)c([B-](c2c(F)c(F)c(F)c(F)c2F)(c2c(F)c(F)c(F)c(F)c2F)c2c(F)c(F)c(F)c(F)c2F)c(F)c1F.NC(=O)c1cncc[n+]1CC(=O)c1ccccc1. The zero-order valence-electron chi connectivity index (χ0n) is 29.8. The van der Waals surface area contributed by atoms with Crippen LogP contribution >= 0.6 is 0 Å². The number of rotatable bonds is 8. The third-order valence-electron chi connectivity index (χ3n) is 9.21. The smallest absolute Gasteiger partial charge is 0.315 e.